The number of Topliss-reactive ketones (excluding diaryl/α,β-unsaturated/α-hetero) is 1. The Morgan fingerprint density at radius 1 is 0.878 bits per heavy atom. The third-order valence-corrected chi connectivity index (χ3v) is 8.45. The number of benzene rings is 2. The second kappa shape index (κ2) is 18.5. The molecule has 0 aliphatic carbocycles. The molecule has 0 aromatic heterocycles. The molecule has 1 heterocycles. The summed E-state index contributed by atoms with van der Waals surface area (Å²) in [7, 11) is 0. The zero-order valence-corrected chi connectivity index (χ0v) is 26.1. The largest absolute Gasteiger partial charge is 0.493 e. The Labute approximate surface area is 251 Å². The summed E-state index contributed by atoms with van der Waals surface area (Å²) in [6.45, 7) is 7.21. The minimum Gasteiger partial charge on any atom is -0.493 e. The molecule has 0 spiro atoms. The first-order valence-electron chi connectivity index (χ1n) is 15.4. The number of para-hydroxylation sites is 1. The first-order valence-corrected chi connectivity index (χ1v) is 16.5. The molecule has 2 N–H and O–H groups in total. The maximum Gasteiger partial charge on any atom is 0.323 e. The SMILES string of the molecule is CCCCCCCCCCCCCCOc1ccc(NC(=O)Nc2ccccc2CN2CSC=C2C)cc1C(C)=O. The zero-order chi connectivity index (χ0) is 29.3. The number of unbranched alkanes of at least 4 members (excludes halogenated alkanes) is 11. The standard InChI is InChI=1S/C34H49N3O3S/c1-4-5-6-7-8-9-10-11-12-13-14-17-22-40-33-21-20-30(23-31(33)28(3)38)35-34(39)36-32-19-16-15-18-29(32)24-37-26-41-25-27(37)2/h15-16,18-21,23,25H,4-14,17,22,24,26H2,1-3H3,(H2,35,36,39). The van der Waals surface area contributed by atoms with Gasteiger partial charge in [-0.1, -0.05) is 95.8 Å². The van der Waals surface area contributed by atoms with Crippen molar-refractivity contribution >= 4 is 35.0 Å². The second-order valence-electron chi connectivity index (χ2n) is 11.0. The van der Waals surface area contributed by atoms with Crippen LogP contribution in [-0.4, -0.2) is 29.2 Å². The second-order valence-corrected chi connectivity index (χ2v) is 11.8. The van der Waals surface area contributed by atoms with Crippen LogP contribution in [0.15, 0.2) is 53.6 Å². The molecule has 0 saturated heterocycles. The van der Waals surface area contributed by atoms with Crippen LogP contribution in [0.5, 0.6) is 5.75 Å². The molecule has 0 radical (unpaired) electrons. The summed E-state index contributed by atoms with van der Waals surface area (Å²) >= 11 is 1.78. The van der Waals surface area contributed by atoms with Crippen molar-refractivity contribution in [3.63, 3.8) is 0 Å². The van der Waals surface area contributed by atoms with Gasteiger partial charge in [0.25, 0.3) is 0 Å². The van der Waals surface area contributed by atoms with Crippen LogP contribution >= 0.6 is 11.8 Å². The van der Waals surface area contributed by atoms with Gasteiger partial charge in [0.2, 0.25) is 0 Å². The maximum absolute atomic E-state index is 12.8. The van der Waals surface area contributed by atoms with Crippen molar-refractivity contribution in [2.24, 2.45) is 0 Å². The lowest BCUT2D eigenvalue weighted by atomic mass is 10.1. The van der Waals surface area contributed by atoms with Crippen LogP contribution < -0.4 is 15.4 Å². The number of thioether (sulfide) groups is 1. The highest BCUT2D eigenvalue weighted by Gasteiger charge is 2.16. The number of anilines is 2. The van der Waals surface area contributed by atoms with Crippen LogP contribution in [0.3, 0.4) is 0 Å². The van der Waals surface area contributed by atoms with Gasteiger partial charge in [0.15, 0.2) is 5.78 Å². The van der Waals surface area contributed by atoms with E-state index < -0.39 is 0 Å². The van der Waals surface area contributed by atoms with Crippen LogP contribution in [0.1, 0.15) is 114 Å². The molecule has 2 aromatic rings. The highest BCUT2D eigenvalue weighted by molar-refractivity contribution is 8.02. The fourth-order valence-electron chi connectivity index (χ4n) is 5.00. The van der Waals surface area contributed by atoms with Gasteiger partial charge in [0, 0.05) is 23.6 Å². The van der Waals surface area contributed by atoms with Crippen molar-refractivity contribution in [2.45, 2.75) is 104 Å². The van der Waals surface area contributed by atoms with Gasteiger partial charge < -0.3 is 20.3 Å². The fraction of sp³-hybridized carbons (Fsp3) is 0.529. The average Bonchev–Trinajstić information content (AvgIpc) is 3.36. The van der Waals surface area contributed by atoms with Crippen molar-refractivity contribution in [3.8, 4) is 5.75 Å². The van der Waals surface area contributed by atoms with Crippen molar-refractivity contribution in [1.29, 1.82) is 0 Å². The van der Waals surface area contributed by atoms with Crippen molar-refractivity contribution in [1.82, 2.24) is 4.90 Å². The van der Waals surface area contributed by atoms with Gasteiger partial charge in [-0.25, -0.2) is 4.79 Å². The van der Waals surface area contributed by atoms with Crippen LogP contribution in [0.4, 0.5) is 16.2 Å². The van der Waals surface area contributed by atoms with Crippen LogP contribution in [0.2, 0.25) is 0 Å². The summed E-state index contributed by atoms with van der Waals surface area (Å²) < 4.78 is 5.97. The summed E-state index contributed by atoms with van der Waals surface area (Å²) in [5.74, 6) is 1.40. The van der Waals surface area contributed by atoms with Gasteiger partial charge in [-0.3, -0.25) is 4.79 Å². The summed E-state index contributed by atoms with van der Waals surface area (Å²) in [4.78, 5) is 27.5. The number of ketones is 1. The fourth-order valence-corrected chi connectivity index (χ4v) is 5.94. The molecule has 1 aliphatic rings. The van der Waals surface area contributed by atoms with Crippen molar-refractivity contribution in [3.05, 3.63) is 64.7 Å². The molecule has 41 heavy (non-hydrogen) atoms. The van der Waals surface area contributed by atoms with Crippen LogP contribution in [-0.2, 0) is 6.54 Å². The van der Waals surface area contributed by atoms with Crippen LogP contribution in [0, 0.1) is 0 Å². The highest BCUT2D eigenvalue weighted by atomic mass is 32.2. The van der Waals surface area contributed by atoms with Crippen LogP contribution in [0.25, 0.3) is 0 Å². The highest BCUT2D eigenvalue weighted by Crippen LogP contribution is 2.28. The first-order chi connectivity index (χ1) is 20.0. The predicted molar refractivity (Wildman–Crippen MR) is 174 cm³/mol. The minimum atomic E-state index is -0.347. The number of nitrogens with zero attached hydrogens (tertiary/aromatic N) is 1. The molecule has 3 rings (SSSR count). The molecule has 2 amide bonds. The van der Waals surface area contributed by atoms with Gasteiger partial charge in [0.05, 0.1) is 18.0 Å². The lowest BCUT2D eigenvalue weighted by molar-refractivity contribution is 0.101. The smallest absolute Gasteiger partial charge is 0.323 e. The quantitative estimate of drug-likeness (QED) is 0.128. The van der Waals surface area contributed by atoms with E-state index in [1.165, 1.54) is 76.8 Å². The maximum atomic E-state index is 12.8. The number of rotatable bonds is 19. The molecule has 0 saturated carbocycles. The molecule has 0 atom stereocenters. The number of hydrogen-bond donors (Lipinski definition) is 2. The van der Waals surface area contributed by atoms with E-state index in [4.69, 9.17) is 4.74 Å². The van der Waals surface area contributed by atoms with Gasteiger partial charge >= 0.3 is 6.03 Å². The number of allylic oxidation sites excluding steroid dienone is 1. The Bertz CT molecular complexity index is 1130. The molecule has 7 heteroatoms. The van der Waals surface area contributed by atoms with E-state index in [-0.39, 0.29) is 11.8 Å². The lowest BCUT2D eigenvalue weighted by Crippen LogP contribution is -2.22. The predicted octanol–water partition coefficient (Wildman–Crippen LogP) is 9.98. The molecule has 6 nitrogen and oxygen atoms in total. The van der Waals surface area contributed by atoms with E-state index in [0.29, 0.717) is 23.6 Å². The lowest BCUT2D eigenvalue weighted by Gasteiger charge is -2.21. The topological polar surface area (TPSA) is 70.7 Å². The molecule has 2 aromatic carbocycles. The van der Waals surface area contributed by atoms with E-state index in [1.807, 2.05) is 24.3 Å². The number of nitrogens with one attached hydrogen (secondary N) is 2. The first kappa shape index (κ1) is 32.6. The number of ether oxygens (including phenoxy) is 1. The Morgan fingerprint density at radius 2 is 1.54 bits per heavy atom. The van der Waals surface area contributed by atoms with E-state index >= 15 is 0 Å². The Balaban J connectivity index is 1.40. The number of urea groups is 1. The number of carbonyl (C=O) groups is 2. The van der Waals surface area contributed by atoms with Gasteiger partial charge in [-0.2, -0.15) is 0 Å². The molecule has 224 valence electrons. The summed E-state index contributed by atoms with van der Waals surface area (Å²) in [5.41, 5.74) is 4.08. The zero-order valence-electron chi connectivity index (χ0n) is 25.3. The molecule has 1 aliphatic heterocycles. The average molecular weight is 580 g/mol. The van der Waals surface area contributed by atoms with E-state index in [2.05, 4.69) is 34.8 Å². The Morgan fingerprint density at radius 3 is 2.17 bits per heavy atom. The van der Waals surface area contributed by atoms with Crippen molar-refractivity contribution in [2.75, 3.05) is 23.1 Å². The van der Waals surface area contributed by atoms with Crippen molar-refractivity contribution < 1.29 is 14.3 Å². The monoisotopic (exact) mass is 579 g/mol. The number of hydrogen-bond acceptors (Lipinski definition) is 5. The third kappa shape index (κ3) is 11.8. The summed E-state index contributed by atoms with van der Waals surface area (Å²) in [5, 5.41) is 8.00. The molecule has 0 fully saturated rings. The molecular weight excluding hydrogens is 530 g/mol. The number of carbonyl (C=O) groups excluding carboxylic acids is 2. The van der Waals surface area contributed by atoms with Gasteiger partial charge in [0.1, 0.15) is 5.75 Å². The van der Waals surface area contributed by atoms with E-state index in [1.54, 1.807) is 30.0 Å². The Hall–Kier alpha value is -2.93. The number of amides is 2. The molecule has 0 bridgehead atoms. The molecule has 0 unspecified atom stereocenters. The minimum absolute atomic E-state index is 0.0870. The Kier molecular flexibility index (Phi) is 14.7. The third-order valence-electron chi connectivity index (χ3n) is 7.48. The van der Waals surface area contributed by atoms with E-state index in [0.717, 1.165) is 36.5 Å². The molecular formula is C34H49N3O3S. The summed E-state index contributed by atoms with van der Waals surface area (Å²) in [6.07, 6.45) is 15.5. The van der Waals surface area contributed by atoms with Gasteiger partial charge in [-0.05, 0) is 55.5 Å². The van der Waals surface area contributed by atoms with E-state index in [9.17, 15) is 9.59 Å². The normalized spacial score (nSPS) is 12.8. The summed E-state index contributed by atoms with van der Waals surface area (Å²) in [6, 6.07) is 12.7. The van der Waals surface area contributed by atoms with Gasteiger partial charge in [-0.15, -0.1) is 11.8 Å².